The molecule has 2 aromatic rings. The SMILES string of the molecule is CS(=O)(=O)NC[C@@H](O)COc1ccc(S(=O)(=O)c2cc(Cl)c(OC[C@H](O)CCl)c(Cl)c2)cc1. The minimum absolute atomic E-state index is 0.0223. The lowest BCUT2D eigenvalue weighted by molar-refractivity contribution is 0.111. The van der Waals surface area contributed by atoms with Gasteiger partial charge in [-0.3, -0.25) is 0 Å². The predicted octanol–water partition coefficient (Wildman–Crippen LogP) is 2.09. The Kier molecular flexibility index (Phi) is 10.1. The molecule has 0 radical (unpaired) electrons. The highest BCUT2D eigenvalue weighted by atomic mass is 35.5. The van der Waals surface area contributed by atoms with Crippen molar-refractivity contribution in [2.75, 3.05) is 31.9 Å². The third-order valence-electron chi connectivity index (χ3n) is 4.04. The van der Waals surface area contributed by atoms with Gasteiger partial charge in [-0.2, -0.15) is 0 Å². The lowest BCUT2D eigenvalue weighted by Crippen LogP contribution is -2.34. The quantitative estimate of drug-likeness (QED) is 0.334. The molecule has 2 aromatic carbocycles. The van der Waals surface area contributed by atoms with Crippen molar-refractivity contribution in [2.24, 2.45) is 0 Å². The number of rotatable bonds is 12. The molecule has 0 amide bonds. The fourth-order valence-corrected chi connectivity index (χ4v) is 5.03. The van der Waals surface area contributed by atoms with E-state index in [4.69, 9.17) is 44.3 Å². The Labute approximate surface area is 207 Å². The van der Waals surface area contributed by atoms with Crippen molar-refractivity contribution in [1.29, 1.82) is 0 Å². The second-order valence-electron chi connectivity index (χ2n) is 6.90. The third kappa shape index (κ3) is 8.45. The Hall–Kier alpha value is -1.31. The van der Waals surface area contributed by atoms with Crippen LogP contribution in [0.4, 0.5) is 0 Å². The molecule has 0 aliphatic carbocycles. The van der Waals surface area contributed by atoms with Gasteiger partial charge in [-0.15, -0.1) is 11.6 Å². The first-order valence-electron chi connectivity index (χ1n) is 9.30. The van der Waals surface area contributed by atoms with Crippen LogP contribution in [0.25, 0.3) is 0 Å². The maximum absolute atomic E-state index is 13.0. The maximum Gasteiger partial charge on any atom is 0.208 e. The molecule has 184 valence electrons. The van der Waals surface area contributed by atoms with Crippen LogP contribution in [0.3, 0.4) is 0 Å². The van der Waals surface area contributed by atoms with Crippen LogP contribution >= 0.6 is 34.8 Å². The van der Waals surface area contributed by atoms with E-state index in [0.29, 0.717) is 0 Å². The molecule has 0 saturated carbocycles. The molecule has 3 N–H and O–H groups in total. The number of hydrogen-bond acceptors (Lipinski definition) is 8. The second kappa shape index (κ2) is 11.9. The first kappa shape index (κ1) is 27.9. The minimum Gasteiger partial charge on any atom is -0.491 e. The number of sulfonamides is 1. The first-order chi connectivity index (χ1) is 15.3. The molecule has 0 saturated heterocycles. The largest absolute Gasteiger partial charge is 0.491 e. The van der Waals surface area contributed by atoms with Gasteiger partial charge in [0.05, 0.1) is 32.0 Å². The summed E-state index contributed by atoms with van der Waals surface area (Å²) in [6.07, 6.45) is -1.08. The standard InChI is InChI=1S/C19H22Cl3NO8S2/c1-32(26,27)23-9-13(25)11-30-14-2-4-15(5-3-14)33(28,29)16-6-17(21)19(18(22)7-16)31-10-12(24)8-20/h2-7,12-13,23-25H,8-11H2,1H3/t12-,13-/m1/s1. The highest BCUT2D eigenvalue weighted by molar-refractivity contribution is 7.91. The summed E-state index contributed by atoms with van der Waals surface area (Å²) in [5, 5.41) is 19.1. The molecule has 0 heterocycles. The van der Waals surface area contributed by atoms with Crippen LogP contribution in [0.2, 0.25) is 10.0 Å². The zero-order valence-electron chi connectivity index (χ0n) is 17.2. The van der Waals surface area contributed by atoms with Gasteiger partial charge in [0.15, 0.2) is 5.75 Å². The smallest absolute Gasteiger partial charge is 0.208 e. The Bertz CT molecular complexity index is 1140. The summed E-state index contributed by atoms with van der Waals surface area (Å²) in [4.78, 5) is -0.230. The molecule has 0 fully saturated rings. The molecule has 14 heteroatoms. The van der Waals surface area contributed by atoms with Gasteiger partial charge < -0.3 is 19.7 Å². The zero-order chi connectivity index (χ0) is 24.8. The van der Waals surface area contributed by atoms with Gasteiger partial charge in [0.25, 0.3) is 0 Å². The summed E-state index contributed by atoms with van der Waals surface area (Å²) in [6.45, 7) is -0.605. The Morgan fingerprint density at radius 3 is 1.97 bits per heavy atom. The molecule has 0 aromatic heterocycles. The summed E-state index contributed by atoms with van der Waals surface area (Å²) in [7, 11) is -7.43. The van der Waals surface area contributed by atoms with Crippen LogP contribution in [-0.2, 0) is 19.9 Å². The van der Waals surface area contributed by atoms with Gasteiger partial charge in [-0.25, -0.2) is 21.6 Å². The van der Waals surface area contributed by atoms with Crippen molar-refractivity contribution in [2.45, 2.75) is 22.0 Å². The number of aliphatic hydroxyl groups is 2. The molecular formula is C19H22Cl3NO8S2. The van der Waals surface area contributed by atoms with Gasteiger partial charge >= 0.3 is 0 Å². The van der Waals surface area contributed by atoms with E-state index in [9.17, 15) is 27.0 Å². The minimum atomic E-state index is -3.99. The van der Waals surface area contributed by atoms with Crippen LogP contribution in [-0.4, -0.2) is 71.2 Å². The molecule has 0 unspecified atom stereocenters. The highest BCUT2D eigenvalue weighted by Crippen LogP contribution is 2.37. The van der Waals surface area contributed by atoms with Crippen molar-refractivity contribution in [1.82, 2.24) is 4.72 Å². The number of sulfone groups is 1. The Morgan fingerprint density at radius 1 is 0.909 bits per heavy atom. The van der Waals surface area contributed by atoms with E-state index in [1.54, 1.807) is 0 Å². The van der Waals surface area contributed by atoms with Crippen LogP contribution in [0.1, 0.15) is 0 Å². The van der Waals surface area contributed by atoms with Crippen molar-refractivity contribution < 1.29 is 36.5 Å². The predicted molar refractivity (Wildman–Crippen MR) is 125 cm³/mol. The van der Waals surface area contributed by atoms with E-state index in [1.165, 1.54) is 36.4 Å². The Balaban J connectivity index is 2.11. The van der Waals surface area contributed by atoms with E-state index in [-0.39, 0.29) is 57.0 Å². The molecule has 0 spiro atoms. The molecular weight excluding hydrogens is 541 g/mol. The van der Waals surface area contributed by atoms with E-state index in [0.717, 1.165) is 6.26 Å². The fourth-order valence-electron chi connectivity index (χ4n) is 2.40. The molecule has 0 aliphatic heterocycles. The third-order valence-corrected chi connectivity index (χ3v) is 7.40. The van der Waals surface area contributed by atoms with Gasteiger partial charge in [-0.05, 0) is 36.4 Å². The zero-order valence-corrected chi connectivity index (χ0v) is 21.1. The van der Waals surface area contributed by atoms with E-state index >= 15 is 0 Å². The fraction of sp³-hybridized carbons (Fsp3) is 0.368. The number of aliphatic hydroxyl groups excluding tert-OH is 2. The van der Waals surface area contributed by atoms with Gasteiger partial charge in [0.1, 0.15) is 31.2 Å². The topological polar surface area (TPSA) is 139 Å². The number of alkyl halides is 1. The lowest BCUT2D eigenvalue weighted by atomic mass is 10.3. The molecule has 33 heavy (non-hydrogen) atoms. The monoisotopic (exact) mass is 561 g/mol. The summed E-state index contributed by atoms with van der Waals surface area (Å²) in [5.41, 5.74) is 0. The number of ether oxygens (including phenoxy) is 2. The molecule has 0 bridgehead atoms. The molecule has 2 atom stereocenters. The van der Waals surface area contributed by atoms with E-state index in [2.05, 4.69) is 4.72 Å². The summed E-state index contributed by atoms with van der Waals surface area (Å²) < 4.78 is 60.8. The average Bonchev–Trinajstić information content (AvgIpc) is 2.75. The van der Waals surface area contributed by atoms with Gasteiger partial charge in [-0.1, -0.05) is 23.2 Å². The summed E-state index contributed by atoms with van der Waals surface area (Å²) >= 11 is 17.8. The van der Waals surface area contributed by atoms with Crippen LogP contribution < -0.4 is 14.2 Å². The summed E-state index contributed by atoms with van der Waals surface area (Å²) in [5.74, 6) is 0.233. The Morgan fingerprint density at radius 2 is 1.45 bits per heavy atom. The van der Waals surface area contributed by atoms with Crippen molar-refractivity contribution in [3.8, 4) is 11.5 Å². The molecule has 2 rings (SSSR count). The maximum atomic E-state index is 13.0. The van der Waals surface area contributed by atoms with Crippen LogP contribution in [0.5, 0.6) is 11.5 Å². The summed E-state index contributed by atoms with van der Waals surface area (Å²) in [6, 6.07) is 7.74. The van der Waals surface area contributed by atoms with Crippen LogP contribution in [0.15, 0.2) is 46.2 Å². The van der Waals surface area contributed by atoms with E-state index in [1.807, 2.05) is 0 Å². The van der Waals surface area contributed by atoms with Crippen LogP contribution in [0, 0.1) is 0 Å². The first-order valence-corrected chi connectivity index (χ1v) is 14.0. The second-order valence-corrected chi connectivity index (χ2v) is 11.8. The van der Waals surface area contributed by atoms with Gasteiger partial charge in [0, 0.05) is 6.54 Å². The average molecular weight is 563 g/mol. The lowest BCUT2D eigenvalue weighted by Gasteiger charge is -2.14. The molecule has 9 nitrogen and oxygen atoms in total. The van der Waals surface area contributed by atoms with E-state index < -0.39 is 32.1 Å². The number of benzene rings is 2. The highest BCUT2D eigenvalue weighted by Gasteiger charge is 2.22. The normalized spacial score (nSPS) is 14.0. The number of nitrogens with one attached hydrogen (secondary N) is 1. The van der Waals surface area contributed by atoms with Crippen molar-refractivity contribution in [3.05, 3.63) is 46.4 Å². The van der Waals surface area contributed by atoms with Gasteiger partial charge in [0.2, 0.25) is 19.9 Å². The molecule has 0 aliphatic rings. The number of hydrogen-bond donors (Lipinski definition) is 3. The van der Waals surface area contributed by atoms with Crippen molar-refractivity contribution >= 4 is 54.7 Å². The number of halogens is 3. The van der Waals surface area contributed by atoms with Crippen molar-refractivity contribution in [3.63, 3.8) is 0 Å².